The number of amides is 3. The zero-order chi connectivity index (χ0) is 33.3. The highest BCUT2D eigenvalue weighted by molar-refractivity contribution is 8.00. The van der Waals surface area contributed by atoms with E-state index in [1.807, 2.05) is 50.2 Å². The van der Waals surface area contributed by atoms with Gasteiger partial charge >= 0.3 is 0 Å². The number of halogens is 2. The fraction of sp³-hybridized carbons (Fsp3) is 0.111. The first-order valence-electron chi connectivity index (χ1n) is 14.7. The number of aryl methyl sites for hydroxylation is 1. The molecule has 0 aliphatic heterocycles. The summed E-state index contributed by atoms with van der Waals surface area (Å²) in [5, 5.41) is 9.24. The zero-order valence-electron chi connectivity index (χ0n) is 25.4. The highest BCUT2D eigenvalue weighted by Gasteiger charge is 2.21. The average molecular weight is 702 g/mol. The average Bonchev–Trinajstić information content (AvgIpc) is 3.45. The summed E-state index contributed by atoms with van der Waals surface area (Å²) in [6.07, 6.45) is 2.05. The lowest BCUT2D eigenvalue weighted by atomic mass is 10.1. The predicted octanol–water partition coefficient (Wildman–Crippen LogP) is 9.34. The molecule has 0 radical (unpaired) electrons. The molecule has 3 amide bonds. The van der Waals surface area contributed by atoms with Gasteiger partial charge in [0.05, 0.1) is 21.0 Å². The molecule has 0 saturated carbocycles. The number of thioether (sulfide) groups is 1. The fourth-order valence-corrected chi connectivity index (χ4v) is 6.78. The van der Waals surface area contributed by atoms with Crippen molar-refractivity contribution in [2.24, 2.45) is 0 Å². The number of nitrogens with zero attached hydrogens (tertiary/aromatic N) is 1. The number of nitrogens with one attached hydrogen (secondary N) is 3. The van der Waals surface area contributed by atoms with Crippen molar-refractivity contribution in [3.8, 4) is 11.3 Å². The molecule has 1 aromatic heterocycles. The maximum absolute atomic E-state index is 13.6. The van der Waals surface area contributed by atoms with Crippen LogP contribution in [0.25, 0.3) is 17.3 Å². The molecule has 3 N–H and O–H groups in total. The van der Waals surface area contributed by atoms with Gasteiger partial charge in [0, 0.05) is 26.6 Å². The molecule has 1 heterocycles. The highest BCUT2D eigenvalue weighted by atomic mass is 35.5. The first-order valence-corrected chi connectivity index (χ1v) is 17.1. The Morgan fingerprint density at radius 1 is 0.894 bits per heavy atom. The number of anilines is 2. The third-order valence-corrected chi connectivity index (χ3v) is 10.00. The van der Waals surface area contributed by atoms with E-state index < -0.39 is 17.1 Å². The van der Waals surface area contributed by atoms with E-state index in [0.717, 1.165) is 21.0 Å². The Morgan fingerprint density at radius 3 is 2.32 bits per heavy atom. The van der Waals surface area contributed by atoms with Gasteiger partial charge < -0.3 is 16.0 Å². The minimum Gasteiger partial charge on any atom is -0.321 e. The van der Waals surface area contributed by atoms with E-state index in [2.05, 4.69) is 20.9 Å². The molecule has 0 aliphatic carbocycles. The van der Waals surface area contributed by atoms with Crippen molar-refractivity contribution in [2.45, 2.75) is 30.4 Å². The topological polar surface area (TPSA) is 100 Å². The fourth-order valence-electron chi connectivity index (χ4n) is 4.56. The van der Waals surface area contributed by atoms with Gasteiger partial charge in [-0.3, -0.25) is 14.4 Å². The van der Waals surface area contributed by atoms with Crippen LogP contribution in [0.2, 0.25) is 10.0 Å². The number of carbonyl (C=O) groups is 3. The molecule has 5 rings (SSSR count). The van der Waals surface area contributed by atoms with Crippen molar-refractivity contribution < 1.29 is 14.4 Å². The van der Waals surface area contributed by atoms with Crippen molar-refractivity contribution in [1.82, 2.24) is 10.3 Å². The van der Waals surface area contributed by atoms with Crippen LogP contribution < -0.4 is 16.0 Å². The molecule has 0 aliphatic rings. The molecule has 47 heavy (non-hydrogen) atoms. The summed E-state index contributed by atoms with van der Waals surface area (Å²) in [6, 6.07) is 30.6. The smallest absolute Gasteiger partial charge is 0.272 e. The maximum atomic E-state index is 13.6. The largest absolute Gasteiger partial charge is 0.321 e. The Bertz CT molecular complexity index is 1930. The van der Waals surface area contributed by atoms with Gasteiger partial charge in [-0.1, -0.05) is 96.9 Å². The highest BCUT2D eigenvalue weighted by Crippen LogP contribution is 2.33. The van der Waals surface area contributed by atoms with Crippen molar-refractivity contribution in [3.63, 3.8) is 0 Å². The molecule has 0 saturated heterocycles. The van der Waals surface area contributed by atoms with Crippen LogP contribution in [-0.4, -0.2) is 28.0 Å². The van der Waals surface area contributed by atoms with Gasteiger partial charge in [-0.25, -0.2) is 4.98 Å². The molecule has 7 nitrogen and oxygen atoms in total. The summed E-state index contributed by atoms with van der Waals surface area (Å²) in [7, 11) is 0. The van der Waals surface area contributed by atoms with Crippen LogP contribution in [0.3, 0.4) is 0 Å². The normalized spacial score (nSPS) is 11.9. The van der Waals surface area contributed by atoms with Crippen LogP contribution in [-0.2, 0) is 9.59 Å². The minimum absolute atomic E-state index is 0.0273. The summed E-state index contributed by atoms with van der Waals surface area (Å²) < 4.78 is 0. The van der Waals surface area contributed by atoms with E-state index >= 15 is 0 Å². The SMILES string of the molecule is CCC(Sc1cccc(NC(=O)/C(=C\c2cccc(Cl)c2Cl)NC(=O)c2ccccc2)c1)C(=O)Nc1nc(-c2ccccc2)c(C)s1. The summed E-state index contributed by atoms with van der Waals surface area (Å²) in [5.41, 5.74) is 3.15. The molecule has 238 valence electrons. The lowest BCUT2D eigenvalue weighted by molar-refractivity contribution is -0.116. The van der Waals surface area contributed by atoms with Crippen LogP contribution in [0.4, 0.5) is 10.8 Å². The number of rotatable bonds is 11. The maximum Gasteiger partial charge on any atom is 0.272 e. The van der Waals surface area contributed by atoms with Crippen molar-refractivity contribution >= 4 is 80.9 Å². The standard InChI is InChI=1S/C36H30Cl2N4O3S2/c1-3-30(35(45)42-36-41-32(22(2)46-36)23-12-6-4-7-13-23)47-27-18-11-17-26(21-27)39-34(44)29(20-25-16-10-19-28(37)31(25)38)40-33(43)24-14-8-5-9-15-24/h4-21,30H,3H2,1-2H3,(H,39,44)(H,40,43)(H,41,42,45)/b29-20+. The molecule has 11 heteroatoms. The van der Waals surface area contributed by atoms with E-state index in [1.54, 1.807) is 66.7 Å². The Morgan fingerprint density at radius 2 is 1.60 bits per heavy atom. The van der Waals surface area contributed by atoms with E-state index in [9.17, 15) is 14.4 Å². The Kier molecular flexibility index (Phi) is 11.5. The van der Waals surface area contributed by atoms with Gasteiger partial charge in [-0.2, -0.15) is 0 Å². The van der Waals surface area contributed by atoms with Gasteiger partial charge in [0.15, 0.2) is 5.13 Å². The van der Waals surface area contributed by atoms with E-state index in [0.29, 0.717) is 33.4 Å². The molecule has 0 spiro atoms. The second-order valence-electron chi connectivity index (χ2n) is 10.3. The number of hydrogen-bond donors (Lipinski definition) is 3. The van der Waals surface area contributed by atoms with E-state index in [-0.39, 0.29) is 16.6 Å². The van der Waals surface area contributed by atoms with Crippen molar-refractivity contribution in [3.05, 3.63) is 135 Å². The lowest BCUT2D eigenvalue weighted by Crippen LogP contribution is -2.30. The third-order valence-electron chi connectivity index (χ3n) is 6.92. The lowest BCUT2D eigenvalue weighted by Gasteiger charge is -2.15. The molecule has 0 bridgehead atoms. The quantitative estimate of drug-likeness (QED) is 0.0942. The van der Waals surface area contributed by atoms with Crippen LogP contribution in [0, 0.1) is 6.92 Å². The van der Waals surface area contributed by atoms with Crippen LogP contribution in [0.5, 0.6) is 0 Å². The zero-order valence-corrected chi connectivity index (χ0v) is 28.6. The van der Waals surface area contributed by atoms with Crippen LogP contribution >= 0.6 is 46.3 Å². The van der Waals surface area contributed by atoms with Gasteiger partial charge in [-0.05, 0) is 61.4 Å². The van der Waals surface area contributed by atoms with Crippen molar-refractivity contribution in [1.29, 1.82) is 0 Å². The second kappa shape index (κ2) is 15.9. The minimum atomic E-state index is -0.564. The van der Waals surface area contributed by atoms with E-state index in [4.69, 9.17) is 23.2 Å². The van der Waals surface area contributed by atoms with Crippen LogP contribution in [0.1, 0.15) is 34.1 Å². The number of carbonyl (C=O) groups excluding carboxylic acids is 3. The van der Waals surface area contributed by atoms with Gasteiger partial charge in [-0.15, -0.1) is 23.1 Å². The Balaban J connectivity index is 1.30. The Hall–Kier alpha value is -4.41. The van der Waals surface area contributed by atoms with E-state index in [1.165, 1.54) is 29.2 Å². The van der Waals surface area contributed by atoms with Crippen molar-refractivity contribution in [2.75, 3.05) is 10.6 Å². The van der Waals surface area contributed by atoms with Gasteiger partial charge in [0.2, 0.25) is 5.91 Å². The van der Waals surface area contributed by atoms with Gasteiger partial charge in [0.25, 0.3) is 11.8 Å². The molecule has 1 unspecified atom stereocenters. The third kappa shape index (κ3) is 8.90. The summed E-state index contributed by atoms with van der Waals surface area (Å²) >= 11 is 15.4. The van der Waals surface area contributed by atoms with Gasteiger partial charge in [0.1, 0.15) is 5.70 Å². The molecule has 4 aromatic carbocycles. The summed E-state index contributed by atoms with van der Waals surface area (Å²) in [4.78, 5) is 46.3. The predicted molar refractivity (Wildman–Crippen MR) is 194 cm³/mol. The van der Waals surface area contributed by atoms with Crippen LogP contribution in [0.15, 0.2) is 114 Å². The molecular weight excluding hydrogens is 671 g/mol. The summed E-state index contributed by atoms with van der Waals surface area (Å²) in [6.45, 7) is 3.93. The monoisotopic (exact) mass is 700 g/mol. The molecule has 0 fully saturated rings. The second-order valence-corrected chi connectivity index (χ2v) is 13.6. The summed E-state index contributed by atoms with van der Waals surface area (Å²) in [5.74, 6) is -1.18. The molecule has 5 aromatic rings. The first-order chi connectivity index (χ1) is 22.7. The molecular formula is C36H30Cl2N4O3S2. The number of benzene rings is 4. The number of thiazole rings is 1. The Labute approximate surface area is 291 Å². The number of aromatic nitrogens is 1. The first kappa shape index (κ1) is 33.9. The number of hydrogen-bond acceptors (Lipinski definition) is 6. The molecule has 1 atom stereocenters.